The van der Waals surface area contributed by atoms with E-state index in [2.05, 4.69) is 10.6 Å². The number of nitrogens with one attached hydrogen (secondary N) is 2. The van der Waals surface area contributed by atoms with E-state index in [4.69, 9.17) is 34.2 Å². The maximum atomic E-state index is 11.9. The first-order chi connectivity index (χ1) is 9.99. The molecule has 0 heterocycles. The third kappa shape index (κ3) is 3.78. The standard InChI is InChI=1S/C14H10Cl2N4O/c15-9-2-3-10(16)13(6-9)20-14(21)19-12-4-1-8(7-17)5-11(12)18/h1-6H,18H2,(H2,19,20,21). The van der Waals surface area contributed by atoms with Crippen LogP contribution in [-0.2, 0) is 0 Å². The van der Waals surface area contributed by atoms with Crippen LogP contribution in [0.15, 0.2) is 36.4 Å². The Hall–Kier alpha value is -2.42. The molecule has 4 N–H and O–H groups in total. The lowest BCUT2D eigenvalue weighted by Crippen LogP contribution is -2.20. The molecule has 2 amide bonds. The van der Waals surface area contributed by atoms with Gasteiger partial charge in [-0.1, -0.05) is 23.2 Å². The van der Waals surface area contributed by atoms with Crippen molar-refractivity contribution < 1.29 is 4.79 Å². The van der Waals surface area contributed by atoms with Gasteiger partial charge in [-0.25, -0.2) is 4.79 Å². The number of nitriles is 1. The average Bonchev–Trinajstić information content (AvgIpc) is 2.45. The number of carbonyl (C=O) groups excluding carboxylic acids is 1. The molecule has 7 heteroatoms. The summed E-state index contributed by atoms with van der Waals surface area (Å²) in [6, 6.07) is 10.7. The zero-order valence-electron chi connectivity index (χ0n) is 10.7. The van der Waals surface area contributed by atoms with E-state index in [9.17, 15) is 4.79 Å². The number of anilines is 3. The second-order valence-corrected chi connectivity index (χ2v) is 4.96. The van der Waals surface area contributed by atoms with Gasteiger partial charge in [0.2, 0.25) is 0 Å². The SMILES string of the molecule is N#Cc1ccc(NC(=O)Nc2cc(Cl)ccc2Cl)c(N)c1. The van der Waals surface area contributed by atoms with Crippen molar-refractivity contribution in [2.45, 2.75) is 0 Å². The van der Waals surface area contributed by atoms with Crippen LogP contribution in [0.25, 0.3) is 0 Å². The molecule has 0 unspecified atom stereocenters. The lowest BCUT2D eigenvalue weighted by molar-refractivity contribution is 0.262. The zero-order chi connectivity index (χ0) is 15.4. The van der Waals surface area contributed by atoms with E-state index >= 15 is 0 Å². The number of urea groups is 1. The maximum absolute atomic E-state index is 11.9. The summed E-state index contributed by atoms with van der Waals surface area (Å²) in [6.07, 6.45) is 0. The fourth-order valence-electron chi connectivity index (χ4n) is 1.62. The van der Waals surface area contributed by atoms with Crippen molar-refractivity contribution in [3.05, 3.63) is 52.0 Å². The minimum absolute atomic E-state index is 0.293. The Kier molecular flexibility index (Phi) is 4.53. The molecular weight excluding hydrogens is 311 g/mol. The first kappa shape index (κ1) is 15.0. The van der Waals surface area contributed by atoms with Gasteiger partial charge in [0, 0.05) is 5.02 Å². The monoisotopic (exact) mass is 320 g/mol. The minimum atomic E-state index is -0.518. The van der Waals surface area contributed by atoms with E-state index in [1.54, 1.807) is 24.3 Å². The molecule has 0 fully saturated rings. The molecule has 0 saturated heterocycles. The fourth-order valence-corrected chi connectivity index (χ4v) is 1.95. The van der Waals surface area contributed by atoms with E-state index < -0.39 is 6.03 Å². The van der Waals surface area contributed by atoms with Gasteiger partial charge in [-0.2, -0.15) is 5.26 Å². The summed E-state index contributed by atoms with van der Waals surface area (Å²) in [5.74, 6) is 0. The van der Waals surface area contributed by atoms with Crippen LogP contribution in [0.5, 0.6) is 0 Å². The molecule has 21 heavy (non-hydrogen) atoms. The molecule has 5 nitrogen and oxygen atoms in total. The van der Waals surface area contributed by atoms with Crippen molar-refractivity contribution in [1.82, 2.24) is 0 Å². The fraction of sp³-hybridized carbons (Fsp3) is 0. The van der Waals surface area contributed by atoms with Crippen molar-refractivity contribution in [3.63, 3.8) is 0 Å². The van der Waals surface area contributed by atoms with Gasteiger partial charge in [0.1, 0.15) is 0 Å². The number of benzene rings is 2. The Balaban J connectivity index is 2.12. The van der Waals surface area contributed by atoms with Crippen molar-refractivity contribution in [3.8, 4) is 6.07 Å². The molecule has 0 aliphatic rings. The topological polar surface area (TPSA) is 90.9 Å². The first-order valence-electron chi connectivity index (χ1n) is 5.82. The summed E-state index contributed by atoms with van der Waals surface area (Å²) in [7, 11) is 0. The predicted octanol–water partition coefficient (Wildman–Crippen LogP) is 4.09. The molecule has 0 aromatic heterocycles. The number of nitrogen functional groups attached to an aromatic ring is 1. The molecule has 0 atom stereocenters. The largest absolute Gasteiger partial charge is 0.397 e. The van der Waals surface area contributed by atoms with Crippen molar-refractivity contribution in [2.75, 3.05) is 16.4 Å². The molecule has 0 radical (unpaired) electrons. The second kappa shape index (κ2) is 6.35. The summed E-state index contributed by atoms with van der Waals surface area (Å²) >= 11 is 11.8. The molecule has 0 aliphatic carbocycles. The van der Waals surface area contributed by atoms with Gasteiger partial charge in [0.25, 0.3) is 0 Å². The molecule has 2 aromatic rings. The molecule has 2 rings (SSSR count). The first-order valence-corrected chi connectivity index (χ1v) is 6.58. The predicted molar refractivity (Wildman–Crippen MR) is 84.7 cm³/mol. The van der Waals surface area contributed by atoms with Crippen molar-refractivity contribution >= 4 is 46.3 Å². The number of halogens is 2. The lowest BCUT2D eigenvalue weighted by Gasteiger charge is -2.11. The maximum Gasteiger partial charge on any atom is 0.323 e. The van der Waals surface area contributed by atoms with Gasteiger partial charge in [0.15, 0.2) is 0 Å². The minimum Gasteiger partial charge on any atom is -0.397 e. The van der Waals surface area contributed by atoms with Crippen molar-refractivity contribution in [2.24, 2.45) is 0 Å². The third-order valence-corrected chi connectivity index (χ3v) is 3.17. The highest BCUT2D eigenvalue weighted by Crippen LogP contribution is 2.26. The van der Waals surface area contributed by atoms with E-state index in [0.717, 1.165) is 0 Å². The van der Waals surface area contributed by atoms with Gasteiger partial charge in [-0.15, -0.1) is 0 Å². The van der Waals surface area contributed by atoms with Crippen LogP contribution in [-0.4, -0.2) is 6.03 Å². The van der Waals surface area contributed by atoms with Crippen LogP contribution in [0.1, 0.15) is 5.56 Å². The van der Waals surface area contributed by atoms with Crippen LogP contribution >= 0.6 is 23.2 Å². The molecule has 0 aliphatic heterocycles. The highest BCUT2D eigenvalue weighted by Gasteiger charge is 2.09. The van der Waals surface area contributed by atoms with Gasteiger partial charge < -0.3 is 16.4 Å². The Morgan fingerprint density at radius 2 is 1.81 bits per heavy atom. The Morgan fingerprint density at radius 1 is 1.10 bits per heavy atom. The molecular formula is C14H10Cl2N4O. The van der Waals surface area contributed by atoms with Gasteiger partial charge in [0.05, 0.1) is 33.7 Å². The lowest BCUT2D eigenvalue weighted by atomic mass is 10.2. The van der Waals surface area contributed by atoms with Gasteiger partial charge in [-0.05, 0) is 36.4 Å². The van der Waals surface area contributed by atoms with Crippen LogP contribution in [0.2, 0.25) is 10.0 Å². The Bertz CT molecular complexity index is 740. The molecule has 0 saturated carbocycles. The normalized spacial score (nSPS) is 9.76. The van der Waals surface area contributed by atoms with E-state index in [-0.39, 0.29) is 0 Å². The molecule has 0 bridgehead atoms. The number of amides is 2. The summed E-state index contributed by atoms with van der Waals surface area (Å²) in [5.41, 5.74) is 7.23. The highest BCUT2D eigenvalue weighted by molar-refractivity contribution is 6.35. The van der Waals surface area contributed by atoms with Gasteiger partial charge >= 0.3 is 6.03 Å². The summed E-state index contributed by atoms with van der Waals surface area (Å²) in [4.78, 5) is 11.9. The number of nitrogens with zero attached hydrogens (tertiary/aromatic N) is 1. The number of carbonyl (C=O) groups is 1. The Labute approximate surface area is 131 Å². The quantitative estimate of drug-likeness (QED) is 0.728. The summed E-state index contributed by atoms with van der Waals surface area (Å²) in [6.45, 7) is 0. The smallest absolute Gasteiger partial charge is 0.323 e. The number of hydrogen-bond acceptors (Lipinski definition) is 3. The molecule has 2 aromatic carbocycles. The van der Waals surface area contributed by atoms with E-state index in [0.29, 0.717) is 32.7 Å². The van der Waals surface area contributed by atoms with Gasteiger partial charge in [-0.3, -0.25) is 0 Å². The number of rotatable bonds is 2. The second-order valence-electron chi connectivity index (χ2n) is 4.12. The molecule has 0 spiro atoms. The van der Waals surface area contributed by atoms with Crippen LogP contribution < -0.4 is 16.4 Å². The Morgan fingerprint density at radius 3 is 2.48 bits per heavy atom. The summed E-state index contributed by atoms with van der Waals surface area (Å²) < 4.78 is 0. The highest BCUT2D eigenvalue weighted by atomic mass is 35.5. The van der Waals surface area contributed by atoms with Crippen molar-refractivity contribution in [1.29, 1.82) is 5.26 Å². The average molecular weight is 321 g/mol. The van der Waals surface area contributed by atoms with E-state index in [1.165, 1.54) is 12.1 Å². The van der Waals surface area contributed by atoms with Crippen LogP contribution in [0.4, 0.5) is 21.9 Å². The number of hydrogen-bond donors (Lipinski definition) is 3. The van der Waals surface area contributed by atoms with E-state index in [1.807, 2.05) is 6.07 Å². The molecule has 106 valence electrons. The summed E-state index contributed by atoms with van der Waals surface area (Å²) in [5, 5.41) is 14.7. The third-order valence-electron chi connectivity index (χ3n) is 2.61. The number of nitrogens with two attached hydrogens (primary N) is 1. The van der Waals surface area contributed by atoms with Crippen LogP contribution in [0.3, 0.4) is 0 Å². The van der Waals surface area contributed by atoms with Crippen LogP contribution in [0, 0.1) is 11.3 Å². The zero-order valence-corrected chi connectivity index (χ0v) is 12.2.